The lowest BCUT2D eigenvalue weighted by Gasteiger charge is -2.36. The van der Waals surface area contributed by atoms with Crippen LogP contribution in [-0.2, 0) is 0 Å². The number of amides is 1. The molecule has 1 saturated heterocycles. The Morgan fingerprint density at radius 3 is 2.50 bits per heavy atom. The minimum atomic E-state index is -0.0927. The fourth-order valence-electron chi connectivity index (χ4n) is 3.21. The number of hydrogen-bond acceptors (Lipinski definition) is 5. The van der Waals surface area contributed by atoms with Gasteiger partial charge < -0.3 is 25.2 Å². The molecule has 2 aromatic carbocycles. The van der Waals surface area contributed by atoms with Crippen LogP contribution in [0.15, 0.2) is 42.5 Å². The van der Waals surface area contributed by atoms with E-state index in [1.165, 1.54) is 0 Å². The maximum atomic E-state index is 13.0. The number of anilines is 3. The largest absolute Gasteiger partial charge is 0.495 e. The number of methoxy groups -OCH3 is 1. The maximum absolute atomic E-state index is 13.0. The van der Waals surface area contributed by atoms with E-state index in [0.717, 1.165) is 37.6 Å². The number of rotatable bonds is 4. The third-order valence-corrected chi connectivity index (χ3v) is 4.87. The van der Waals surface area contributed by atoms with Crippen molar-refractivity contribution in [2.45, 2.75) is 0 Å². The second-order valence-electron chi connectivity index (χ2n) is 6.60. The van der Waals surface area contributed by atoms with Gasteiger partial charge >= 0.3 is 0 Å². The Morgan fingerprint density at radius 1 is 1.12 bits per heavy atom. The summed E-state index contributed by atoms with van der Waals surface area (Å²) in [5.41, 5.74) is 8.91. The van der Waals surface area contributed by atoms with E-state index in [1.807, 2.05) is 18.2 Å². The molecule has 0 bridgehead atoms. The normalized spacial score (nSPS) is 15.0. The Bertz CT molecular complexity index is 785. The zero-order valence-electron chi connectivity index (χ0n) is 15.6. The van der Waals surface area contributed by atoms with Crippen LogP contribution in [0.1, 0.15) is 10.4 Å². The molecule has 2 aromatic rings. The summed E-state index contributed by atoms with van der Waals surface area (Å²) in [6, 6.07) is 13.2. The lowest BCUT2D eigenvalue weighted by atomic mass is 10.1. The Kier molecular flexibility index (Phi) is 5.32. The number of likely N-dealkylation sites (N-methyl/N-ethyl adjacent to an activating group) is 1. The van der Waals surface area contributed by atoms with Crippen LogP contribution in [0.4, 0.5) is 17.1 Å². The van der Waals surface area contributed by atoms with Gasteiger partial charge in [0.05, 0.1) is 24.2 Å². The summed E-state index contributed by atoms with van der Waals surface area (Å²) < 4.78 is 5.24. The average Bonchev–Trinajstić information content (AvgIpc) is 2.68. The third kappa shape index (κ3) is 3.60. The van der Waals surface area contributed by atoms with Gasteiger partial charge in [-0.25, -0.2) is 0 Å². The van der Waals surface area contributed by atoms with Crippen molar-refractivity contribution in [2.24, 2.45) is 0 Å². The van der Waals surface area contributed by atoms with Gasteiger partial charge in [0.2, 0.25) is 0 Å². The van der Waals surface area contributed by atoms with Crippen LogP contribution in [0.5, 0.6) is 5.75 Å². The van der Waals surface area contributed by atoms with Crippen molar-refractivity contribution >= 4 is 23.0 Å². The van der Waals surface area contributed by atoms with Gasteiger partial charge in [0.15, 0.2) is 0 Å². The van der Waals surface area contributed by atoms with E-state index in [0.29, 0.717) is 17.0 Å². The summed E-state index contributed by atoms with van der Waals surface area (Å²) in [5.74, 6) is 0.418. The lowest BCUT2D eigenvalue weighted by Crippen LogP contribution is -2.45. The van der Waals surface area contributed by atoms with E-state index in [9.17, 15) is 4.79 Å². The number of nitrogen functional groups attached to an aromatic ring is 1. The van der Waals surface area contributed by atoms with Crippen LogP contribution in [-0.4, -0.2) is 58.2 Å². The van der Waals surface area contributed by atoms with Crippen molar-refractivity contribution in [2.75, 3.05) is 62.9 Å². The number of carbonyl (C=O) groups is 1. The molecular formula is C20H26N4O2. The van der Waals surface area contributed by atoms with E-state index in [-0.39, 0.29) is 5.91 Å². The predicted molar refractivity (Wildman–Crippen MR) is 106 cm³/mol. The molecule has 0 aromatic heterocycles. The number of hydrogen-bond donors (Lipinski definition) is 1. The molecular weight excluding hydrogens is 328 g/mol. The number of nitrogens with zero attached hydrogens (tertiary/aromatic N) is 3. The highest BCUT2D eigenvalue weighted by Crippen LogP contribution is 2.31. The van der Waals surface area contributed by atoms with E-state index >= 15 is 0 Å². The number of carbonyl (C=O) groups excluding carboxylic acids is 1. The molecule has 3 rings (SSSR count). The molecule has 0 radical (unpaired) electrons. The number of para-hydroxylation sites is 2. The second-order valence-corrected chi connectivity index (χ2v) is 6.60. The summed E-state index contributed by atoms with van der Waals surface area (Å²) in [7, 11) is 5.49. The molecule has 2 N–H and O–H groups in total. The fraction of sp³-hybridized carbons (Fsp3) is 0.350. The summed E-state index contributed by atoms with van der Waals surface area (Å²) in [6.45, 7) is 3.93. The van der Waals surface area contributed by atoms with E-state index < -0.39 is 0 Å². The third-order valence-electron chi connectivity index (χ3n) is 4.87. The summed E-state index contributed by atoms with van der Waals surface area (Å²) in [5, 5.41) is 0. The molecule has 0 spiro atoms. The van der Waals surface area contributed by atoms with Crippen molar-refractivity contribution < 1.29 is 9.53 Å². The van der Waals surface area contributed by atoms with E-state index in [2.05, 4.69) is 22.9 Å². The van der Waals surface area contributed by atoms with Crippen molar-refractivity contribution in [3.63, 3.8) is 0 Å². The maximum Gasteiger partial charge on any atom is 0.258 e. The molecule has 1 fully saturated rings. The van der Waals surface area contributed by atoms with Gasteiger partial charge in [0.1, 0.15) is 5.75 Å². The average molecular weight is 354 g/mol. The highest BCUT2D eigenvalue weighted by molar-refractivity contribution is 6.07. The quantitative estimate of drug-likeness (QED) is 0.854. The number of piperazine rings is 1. The Balaban J connectivity index is 1.88. The molecule has 0 aliphatic carbocycles. The first-order valence-corrected chi connectivity index (χ1v) is 8.75. The molecule has 26 heavy (non-hydrogen) atoms. The van der Waals surface area contributed by atoms with Crippen LogP contribution < -0.4 is 20.3 Å². The van der Waals surface area contributed by atoms with Gasteiger partial charge in [-0.15, -0.1) is 0 Å². The number of benzene rings is 2. The molecule has 1 aliphatic heterocycles. The fourth-order valence-corrected chi connectivity index (χ4v) is 3.21. The zero-order chi connectivity index (χ0) is 18.7. The van der Waals surface area contributed by atoms with Gasteiger partial charge in [0.25, 0.3) is 5.91 Å². The van der Waals surface area contributed by atoms with Crippen molar-refractivity contribution in [3.8, 4) is 5.75 Å². The molecule has 6 heteroatoms. The van der Waals surface area contributed by atoms with Crippen LogP contribution in [0.25, 0.3) is 0 Å². The Morgan fingerprint density at radius 2 is 1.81 bits per heavy atom. The minimum absolute atomic E-state index is 0.0927. The molecule has 0 atom stereocenters. The van der Waals surface area contributed by atoms with Crippen LogP contribution in [0, 0.1) is 0 Å². The molecule has 0 saturated carbocycles. The predicted octanol–water partition coefficient (Wildman–Crippen LogP) is 2.31. The molecule has 1 amide bonds. The summed E-state index contributed by atoms with van der Waals surface area (Å²) in [6.07, 6.45) is 0. The van der Waals surface area contributed by atoms with E-state index in [4.69, 9.17) is 10.5 Å². The summed E-state index contributed by atoms with van der Waals surface area (Å²) >= 11 is 0. The highest BCUT2D eigenvalue weighted by Gasteiger charge is 2.22. The lowest BCUT2D eigenvalue weighted by molar-refractivity contribution is 0.0992. The molecule has 138 valence electrons. The molecule has 6 nitrogen and oxygen atoms in total. The summed E-state index contributed by atoms with van der Waals surface area (Å²) in [4.78, 5) is 19.4. The van der Waals surface area contributed by atoms with E-state index in [1.54, 1.807) is 37.3 Å². The van der Waals surface area contributed by atoms with Crippen molar-refractivity contribution in [1.82, 2.24) is 4.90 Å². The van der Waals surface area contributed by atoms with Crippen LogP contribution >= 0.6 is 0 Å². The molecule has 1 heterocycles. The minimum Gasteiger partial charge on any atom is -0.495 e. The van der Waals surface area contributed by atoms with Gasteiger partial charge in [-0.3, -0.25) is 4.79 Å². The van der Waals surface area contributed by atoms with Crippen LogP contribution in [0.3, 0.4) is 0 Å². The first-order chi connectivity index (χ1) is 12.5. The Hall–Kier alpha value is -2.73. The van der Waals surface area contributed by atoms with Gasteiger partial charge in [-0.05, 0) is 37.4 Å². The first kappa shape index (κ1) is 18.1. The molecule has 1 aliphatic rings. The Labute approximate surface area is 154 Å². The van der Waals surface area contributed by atoms with Crippen molar-refractivity contribution in [1.29, 1.82) is 0 Å². The zero-order valence-corrected chi connectivity index (χ0v) is 15.6. The van der Waals surface area contributed by atoms with Gasteiger partial charge in [0, 0.05) is 38.8 Å². The number of nitrogens with two attached hydrogens (primary N) is 1. The van der Waals surface area contributed by atoms with Crippen molar-refractivity contribution in [3.05, 3.63) is 48.0 Å². The number of ether oxygens (including phenoxy) is 1. The smallest absolute Gasteiger partial charge is 0.258 e. The van der Waals surface area contributed by atoms with Gasteiger partial charge in [-0.2, -0.15) is 0 Å². The standard InChI is InChI=1S/C20H26N4O2/c1-22-10-12-24(13-11-22)18-7-5-4-6-17(18)23(2)20(25)15-8-9-16(21)19(14-15)26-3/h4-9,14H,10-13,21H2,1-3H3. The topological polar surface area (TPSA) is 62.0 Å². The first-order valence-electron chi connectivity index (χ1n) is 8.75. The SMILES string of the molecule is COc1cc(C(=O)N(C)c2ccccc2N2CCN(C)CC2)ccc1N. The van der Waals surface area contributed by atoms with Crippen LogP contribution in [0.2, 0.25) is 0 Å². The molecule has 0 unspecified atom stereocenters. The van der Waals surface area contributed by atoms with Gasteiger partial charge in [-0.1, -0.05) is 12.1 Å². The highest BCUT2D eigenvalue weighted by atomic mass is 16.5. The second kappa shape index (κ2) is 7.66. The monoisotopic (exact) mass is 354 g/mol.